The number of aromatic nitrogens is 2. The van der Waals surface area contributed by atoms with Crippen LogP contribution in [0.1, 0.15) is 29.8 Å². The minimum atomic E-state index is -0.0144. The van der Waals surface area contributed by atoms with E-state index in [0.717, 1.165) is 24.1 Å². The van der Waals surface area contributed by atoms with Crippen molar-refractivity contribution >= 4 is 10.8 Å². The zero-order valence-corrected chi connectivity index (χ0v) is 12.6. The highest BCUT2D eigenvalue weighted by Gasteiger charge is 2.15. The van der Waals surface area contributed by atoms with Gasteiger partial charge in [0.25, 0.3) is 0 Å². The number of nitrogens with two attached hydrogens (primary N) is 1. The maximum Gasteiger partial charge on any atom is 0.0669 e. The van der Waals surface area contributed by atoms with Gasteiger partial charge in [-0.15, -0.1) is 0 Å². The molecule has 0 saturated carbocycles. The van der Waals surface area contributed by atoms with Crippen LogP contribution >= 0.6 is 0 Å². The summed E-state index contributed by atoms with van der Waals surface area (Å²) in [7, 11) is 1.95. The molecule has 0 amide bonds. The summed E-state index contributed by atoms with van der Waals surface area (Å²) in [6, 6.07) is 14.9. The minimum Gasteiger partial charge on any atom is -0.324 e. The molecule has 21 heavy (non-hydrogen) atoms. The van der Waals surface area contributed by atoms with Gasteiger partial charge >= 0.3 is 0 Å². The van der Waals surface area contributed by atoms with Crippen molar-refractivity contribution in [2.45, 2.75) is 25.8 Å². The second kappa shape index (κ2) is 5.70. The quantitative estimate of drug-likeness (QED) is 0.795. The van der Waals surface area contributed by atoms with Crippen molar-refractivity contribution in [2.24, 2.45) is 12.8 Å². The van der Waals surface area contributed by atoms with Crippen molar-refractivity contribution < 1.29 is 0 Å². The van der Waals surface area contributed by atoms with Gasteiger partial charge in [-0.25, -0.2) is 0 Å². The zero-order chi connectivity index (χ0) is 14.8. The molecule has 0 aliphatic carbocycles. The smallest absolute Gasteiger partial charge is 0.0669 e. The van der Waals surface area contributed by atoms with E-state index >= 15 is 0 Å². The van der Waals surface area contributed by atoms with Gasteiger partial charge in [0.1, 0.15) is 0 Å². The van der Waals surface area contributed by atoms with Crippen molar-refractivity contribution in [3.05, 3.63) is 65.5 Å². The topological polar surface area (TPSA) is 43.8 Å². The molecule has 0 bridgehead atoms. The second-order valence-corrected chi connectivity index (χ2v) is 5.51. The van der Waals surface area contributed by atoms with Gasteiger partial charge in [0, 0.05) is 24.8 Å². The summed E-state index contributed by atoms with van der Waals surface area (Å²) in [5.74, 6) is 0. The Morgan fingerprint density at radius 3 is 2.71 bits per heavy atom. The van der Waals surface area contributed by atoms with E-state index in [1.807, 2.05) is 11.7 Å². The predicted octanol–water partition coefficient (Wildman–Crippen LogP) is 3.38. The van der Waals surface area contributed by atoms with Crippen LogP contribution in [0, 0.1) is 0 Å². The van der Waals surface area contributed by atoms with Crippen LogP contribution in [0.4, 0.5) is 0 Å². The molecule has 3 heteroatoms. The van der Waals surface area contributed by atoms with Gasteiger partial charge in [-0.05, 0) is 29.2 Å². The van der Waals surface area contributed by atoms with Crippen LogP contribution in [-0.2, 0) is 19.9 Å². The van der Waals surface area contributed by atoms with Gasteiger partial charge in [-0.2, -0.15) is 5.10 Å². The summed E-state index contributed by atoms with van der Waals surface area (Å²) in [6.07, 6.45) is 3.80. The Kier molecular flexibility index (Phi) is 3.76. The summed E-state index contributed by atoms with van der Waals surface area (Å²) >= 11 is 0. The molecule has 1 heterocycles. The van der Waals surface area contributed by atoms with Crippen LogP contribution in [0.2, 0.25) is 0 Å². The van der Waals surface area contributed by atoms with Crippen molar-refractivity contribution in [3.63, 3.8) is 0 Å². The Morgan fingerprint density at radius 2 is 1.90 bits per heavy atom. The lowest BCUT2D eigenvalue weighted by Crippen LogP contribution is -2.14. The van der Waals surface area contributed by atoms with Gasteiger partial charge in [0.2, 0.25) is 0 Å². The lowest BCUT2D eigenvalue weighted by atomic mass is 9.95. The van der Waals surface area contributed by atoms with Crippen LogP contribution in [0.15, 0.2) is 48.7 Å². The number of nitrogens with zero attached hydrogens (tertiary/aromatic N) is 2. The molecule has 0 radical (unpaired) electrons. The van der Waals surface area contributed by atoms with Gasteiger partial charge in [-0.1, -0.05) is 49.4 Å². The van der Waals surface area contributed by atoms with Crippen molar-refractivity contribution in [1.29, 1.82) is 0 Å². The molecule has 3 aromatic rings. The van der Waals surface area contributed by atoms with E-state index in [1.165, 1.54) is 16.3 Å². The first-order chi connectivity index (χ1) is 10.2. The Morgan fingerprint density at radius 1 is 1.14 bits per heavy atom. The number of fused-ring (bicyclic) bond motifs is 1. The molecular formula is C18H21N3. The van der Waals surface area contributed by atoms with Gasteiger partial charge in [0.05, 0.1) is 5.69 Å². The average Bonchev–Trinajstić information content (AvgIpc) is 2.89. The predicted molar refractivity (Wildman–Crippen MR) is 87.2 cm³/mol. The Bertz CT molecular complexity index is 753. The average molecular weight is 279 g/mol. The number of hydrogen-bond donors (Lipinski definition) is 1. The molecule has 0 fully saturated rings. The normalized spacial score (nSPS) is 12.7. The maximum absolute atomic E-state index is 6.45. The molecule has 0 spiro atoms. The molecule has 0 aliphatic rings. The highest BCUT2D eigenvalue weighted by atomic mass is 15.3. The number of aryl methyl sites for hydroxylation is 2. The molecule has 1 aromatic heterocycles. The molecule has 1 unspecified atom stereocenters. The monoisotopic (exact) mass is 279 g/mol. The summed E-state index contributed by atoms with van der Waals surface area (Å²) < 4.78 is 1.86. The first-order valence-corrected chi connectivity index (χ1v) is 7.43. The fourth-order valence-corrected chi connectivity index (χ4v) is 2.95. The Balaban J connectivity index is 1.94. The zero-order valence-electron chi connectivity index (χ0n) is 12.6. The highest BCUT2D eigenvalue weighted by molar-refractivity contribution is 5.85. The van der Waals surface area contributed by atoms with E-state index in [-0.39, 0.29) is 6.04 Å². The van der Waals surface area contributed by atoms with Crippen molar-refractivity contribution in [1.82, 2.24) is 9.78 Å². The lowest BCUT2D eigenvalue weighted by Gasteiger charge is -2.13. The van der Waals surface area contributed by atoms with Gasteiger partial charge in [0.15, 0.2) is 0 Å². The van der Waals surface area contributed by atoms with Gasteiger partial charge in [-0.3, -0.25) is 4.68 Å². The van der Waals surface area contributed by atoms with Crippen LogP contribution in [-0.4, -0.2) is 9.78 Å². The highest BCUT2D eigenvalue weighted by Crippen LogP contribution is 2.24. The fraction of sp³-hybridized carbons (Fsp3) is 0.278. The first kappa shape index (κ1) is 13.8. The van der Waals surface area contributed by atoms with Gasteiger partial charge < -0.3 is 5.73 Å². The fourth-order valence-electron chi connectivity index (χ4n) is 2.95. The molecule has 1 atom stereocenters. The molecule has 3 nitrogen and oxygen atoms in total. The minimum absolute atomic E-state index is 0.0144. The molecule has 0 saturated heterocycles. The van der Waals surface area contributed by atoms with Crippen LogP contribution in [0.5, 0.6) is 0 Å². The maximum atomic E-state index is 6.45. The van der Waals surface area contributed by atoms with E-state index in [4.69, 9.17) is 5.73 Å². The number of rotatable bonds is 4. The molecule has 3 rings (SSSR count). The molecule has 2 N–H and O–H groups in total. The van der Waals surface area contributed by atoms with Crippen LogP contribution in [0.3, 0.4) is 0 Å². The third-order valence-electron chi connectivity index (χ3n) is 3.99. The molecule has 108 valence electrons. The summed E-state index contributed by atoms with van der Waals surface area (Å²) in [4.78, 5) is 0. The Labute approximate surface area is 125 Å². The number of hydrogen-bond acceptors (Lipinski definition) is 2. The third kappa shape index (κ3) is 2.69. The Hall–Kier alpha value is -2.13. The summed E-state index contributed by atoms with van der Waals surface area (Å²) in [5, 5.41) is 7.05. The standard InChI is InChI=1S/C18H21N3/c1-3-18-16(12-21(2)20-18)17(19)11-14-9-6-8-13-7-4-5-10-15(13)14/h4-10,12,17H,3,11,19H2,1-2H3. The molecular weight excluding hydrogens is 258 g/mol. The summed E-state index contributed by atoms with van der Waals surface area (Å²) in [6.45, 7) is 2.12. The van der Waals surface area contributed by atoms with E-state index in [9.17, 15) is 0 Å². The molecule has 0 aliphatic heterocycles. The van der Waals surface area contributed by atoms with Crippen molar-refractivity contribution in [3.8, 4) is 0 Å². The van der Waals surface area contributed by atoms with E-state index in [1.54, 1.807) is 0 Å². The van der Waals surface area contributed by atoms with E-state index in [0.29, 0.717) is 0 Å². The first-order valence-electron chi connectivity index (χ1n) is 7.43. The largest absolute Gasteiger partial charge is 0.324 e. The number of benzene rings is 2. The van der Waals surface area contributed by atoms with E-state index < -0.39 is 0 Å². The third-order valence-corrected chi connectivity index (χ3v) is 3.99. The van der Waals surface area contributed by atoms with Crippen LogP contribution in [0.25, 0.3) is 10.8 Å². The SMILES string of the molecule is CCc1nn(C)cc1C(N)Cc1cccc2ccccc12. The van der Waals surface area contributed by atoms with Crippen molar-refractivity contribution in [2.75, 3.05) is 0 Å². The van der Waals surface area contributed by atoms with Crippen LogP contribution < -0.4 is 5.73 Å². The molecule has 2 aromatic carbocycles. The lowest BCUT2D eigenvalue weighted by molar-refractivity contribution is 0.715. The van der Waals surface area contributed by atoms with E-state index in [2.05, 4.69) is 60.7 Å². The summed E-state index contributed by atoms with van der Waals surface area (Å²) in [5.41, 5.74) is 10.0. The second-order valence-electron chi connectivity index (χ2n) is 5.51.